The van der Waals surface area contributed by atoms with Gasteiger partial charge >= 0.3 is 5.97 Å². The van der Waals surface area contributed by atoms with Gasteiger partial charge in [-0.05, 0) is 49.1 Å². The molecular weight excluding hydrogens is 420 g/mol. The predicted octanol–water partition coefficient (Wildman–Crippen LogP) is 2.52. The number of hydrogen-bond acceptors (Lipinski definition) is 6. The smallest absolute Gasteiger partial charge is 0.338 e. The fraction of sp³-hybridized carbons (Fsp3) is 0.364. The molecule has 0 aromatic heterocycles. The van der Waals surface area contributed by atoms with Crippen molar-refractivity contribution in [3.05, 3.63) is 53.6 Å². The molecule has 0 atom stereocenters. The first-order valence-corrected chi connectivity index (χ1v) is 11.5. The van der Waals surface area contributed by atoms with Crippen molar-refractivity contribution < 1.29 is 27.5 Å². The van der Waals surface area contributed by atoms with Crippen molar-refractivity contribution in [2.75, 3.05) is 31.1 Å². The zero-order valence-corrected chi connectivity index (χ0v) is 18.4. The number of fused-ring (bicyclic) bond motifs is 1. The molecule has 0 radical (unpaired) electrons. The lowest BCUT2D eigenvalue weighted by atomic mass is 10.0. The highest BCUT2D eigenvalue weighted by atomic mass is 32.2. The number of aryl methyl sites for hydroxylation is 1. The molecule has 1 amide bonds. The molecule has 0 saturated heterocycles. The molecular formula is C22H26N2O6S. The molecule has 0 unspecified atom stereocenters. The predicted molar refractivity (Wildman–Crippen MR) is 116 cm³/mol. The molecule has 0 fully saturated rings. The Labute approximate surface area is 182 Å². The van der Waals surface area contributed by atoms with Gasteiger partial charge in [0.1, 0.15) is 10.6 Å². The highest BCUT2D eigenvalue weighted by molar-refractivity contribution is 7.93. The molecule has 0 spiro atoms. The third kappa shape index (κ3) is 4.99. The Balaban J connectivity index is 1.89. The van der Waals surface area contributed by atoms with Crippen LogP contribution in [-0.2, 0) is 26.0 Å². The number of rotatable bonds is 8. The van der Waals surface area contributed by atoms with Crippen LogP contribution in [0.2, 0.25) is 0 Å². The minimum absolute atomic E-state index is 0.0213. The number of carbonyl (C=O) groups excluding carboxylic acids is 2. The number of sulfonamides is 1. The number of anilines is 1. The van der Waals surface area contributed by atoms with Gasteiger partial charge in [0.05, 0.1) is 18.4 Å². The molecule has 9 heteroatoms. The molecule has 0 bridgehead atoms. The van der Waals surface area contributed by atoms with Gasteiger partial charge in [0.25, 0.3) is 15.9 Å². The van der Waals surface area contributed by atoms with Gasteiger partial charge in [-0.3, -0.25) is 9.10 Å². The van der Waals surface area contributed by atoms with Crippen molar-refractivity contribution >= 4 is 27.6 Å². The van der Waals surface area contributed by atoms with E-state index in [9.17, 15) is 18.0 Å². The summed E-state index contributed by atoms with van der Waals surface area (Å²) in [5, 5.41) is 2.61. The normalized spacial score (nSPS) is 13.3. The molecule has 1 aliphatic heterocycles. The number of hydrogen-bond donors (Lipinski definition) is 1. The van der Waals surface area contributed by atoms with E-state index in [1.165, 1.54) is 29.6 Å². The number of nitrogens with zero attached hydrogens (tertiary/aromatic N) is 1. The minimum Gasteiger partial charge on any atom is -0.495 e. The molecule has 1 heterocycles. The SMILES string of the molecule is CCCNC(=O)COC(=O)c1ccc(OC)c(S(=O)(=O)N2CCCc3ccccc32)c1. The Morgan fingerprint density at radius 3 is 2.68 bits per heavy atom. The van der Waals surface area contributed by atoms with Gasteiger partial charge < -0.3 is 14.8 Å². The van der Waals surface area contributed by atoms with Crippen LogP contribution in [0.5, 0.6) is 5.75 Å². The molecule has 2 aromatic rings. The molecule has 166 valence electrons. The van der Waals surface area contributed by atoms with Crippen molar-refractivity contribution in [3.8, 4) is 5.75 Å². The van der Waals surface area contributed by atoms with E-state index in [1.807, 2.05) is 19.1 Å². The zero-order valence-electron chi connectivity index (χ0n) is 17.6. The first kappa shape index (κ1) is 22.6. The minimum atomic E-state index is -4.00. The summed E-state index contributed by atoms with van der Waals surface area (Å²) in [6.45, 7) is 2.28. The number of ether oxygens (including phenoxy) is 2. The van der Waals surface area contributed by atoms with Crippen LogP contribution in [0, 0.1) is 0 Å². The summed E-state index contributed by atoms with van der Waals surface area (Å²) in [7, 11) is -2.63. The first-order chi connectivity index (χ1) is 14.9. The topological polar surface area (TPSA) is 102 Å². The van der Waals surface area contributed by atoms with Gasteiger partial charge in [0.15, 0.2) is 6.61 Å². The number of carbonyl (C=O) groups is 2. The molecule has 8 nitrogen and oxygen atoms in total. The monoisotopic (exact) mass is 446 g/mol. The maximum absolute atomic E-state index is 13.5. The Morgan fingerprint density at radius 1 is 1.16 bits per heavy atom. The maximum atomic E-state index is 13.5. The largest absolute Gasteiger partial charge is 0.495 e. The number of para-hydroxylation sites is 1. The highest BCUT2D eigenvalue weighted by Crippen LogP contribution is 2.35. The van der Waals surface area contributed by atoms with E-state index < -0.39 is 28.5 Å². The van der Waals surface area contributed by atoms with E-state index in [2.05, 4.69) is 5.32 Å². The van der Waals surface area contributed by atoms with Crippen molar-refractivity contribution in [1.29, 1.82) is 0 Å². The fourth-order valence-electron chi connectivity index (χ4n) is 3.40. The maximum Gasteiger partial charge on any atom is 0.338 e. The average molecular weight is 447 g/mol. The summed E-state index contributed by atoms with van der Waals surface area (Å²) in [4.78, 5) is 24.0. The van der Waals surface area contributed by atoms with E-state index in [0.29, 0.717) is 25.2 Å². The van der Waals surface area contributed by atoms with Crippen LogP contribution in [0.4, 0.5) is 5.69 Å². The highest BCUT2D eigenvalue weighted by Gasteiger charge is 2.32. The second kappa shape index (κ2) is 9.82. The summed E-state index contributed by atoms with van der Waals surface area (Å²) in [5.74, 6) is -1.08. The van der Waals surface area contributed by atoms with Crippen LogP contribution < -0.4 is 14.4 Å². The van der Waals surface area contributed by atoms with Crippen LogP contribution in [-0.4, -0.2) is 47.1 Å². The van der Waals surface area contributed by atoms with E-state index >= 15 is 0 Å². The first-order valence-electron chi connectivity index (χ1n) is 10.1. The molecule has 1 N–H and O–H groups in total. The average Bonchev–Trinajstić information content (AvgIpc) is 2.80. The van der Waals surface area contributed by atoms with Gasteiger partial charge in [0.2, 0.25) is 0 Å². The molecule has 0 aliphatic carbocycles. The quantitative estimate of drug-likeness (QED) is 0.625. The van der Waals surface area contributed by atoms with Gasteiger partial charge in [-0.2, -0.15) is 0 Å². The molecule has 3 rings (SSSR count). The molecule has 31 heavy (non-hydrogen) atoms. The van der Waals surface area contributed by atoms with Gasteiger partial charge in [0, 0.05) is 13.1 Å². The Kier molecular flexibility index (Phi) is 7.17. The summed E-state index contributed by atoms with van der Waals surface area (Å²) in [6, 6.07) is 11.4. The summed E-state index contributed by atoms with van der Waals surface area (Å²) in [5.41, 5.74) is 1.59. The lowest BCUT2D eigenvalue weighted by Gasteiger charge is -2.30. The third-order valence-electron chi connectivity index (χ3n) is 4.94. The number of amides is 1. The van der Waals surface area contributed by atoms with E-state index in [0.717, 1.165) is 18.4 Å². The molecule has 1 aliphatic rings. The van der Waals surface area contributed by atoms with Crippen molar-refractivity contribution in [2.24, 2.45) is 0 Å². The molecule has 0 saturated carbocycles. The van der Waals surface area contributed by atoms with Crippen LogP contribution in [0.1, 0.15) is 35.7 Å². The van der Waals surface area contributed by atoms with Crippen LogP contribution in [0.25, 0.3) is 0 Å². The summed E-state index contributed by atoms with van der Waals surface area (Å²) >= 11 is 0. The number of benzene rings is 2. The van der Waals surface area contributed by atoms with Crippen LogP contribution >= 0.6 is 0 Å². The lowest BCUT2D eigenvalue weighted by Crippen LogP contribution is -2.35. The Morgan fingerprint density at radius 2 is 1.94 bits per heavy atom. The van der Waals surface area contributed by atoms with Crippen molar-refractivity contribution in [2.45, 2.75) is 31.1 Å². The van der Waals surface area contributed by atoms with E-state index in [1.54, 1.807) is 12.1 Å². The number of nitrogens with one attached hydrogen (secondary N) is 1. The zero-order chi connectivity index (χ0) is 22.4. The lowest BCUT2D eigenvalue weighted by molar-refractivity contribution is -0.124. The van der Waals surface area contributed by atoms with Crippen molar-refractivity contribution in [1.82, 2.24) is 5.32 Å². The third-order valence-corrected chi connectivity index (χ3v) is 6.78. The number of methoxy groups -OCH3 is 1. The fourth-order valence-corrected chi connectivity index (χ4v) is 5.13. The van der Waals surface area contributed by atoms with Crippen LogP contribution in [0.3, 0.4) is 0 Å². The van der Waals surface area contributed by atoms with Gasteiger partial charge in [-0.25, -0.2) is 13.2 Å². The van der Waals surface area contributed by atoms with E-state index in [4.69, 9.17) is 9.47 Å². The Bertz CT molecular complexity index is 1070. The number of esters is 1. The second-order valence-corrected chi connectivity index (χ2v) is 8.93. The summed E-state index contributed by atoms with van der Waals surface area (Å²) < 4.78 is 38.7. The Hall–Kier alpha value is -3.07. The van der Waals surface area contributed by atoms with Crippen molar-refractivity contribution in [3.63, 3.8) is 0 Å². The van der Waals surface area contributed by atoms with E-state index in [-0.39, 0.29) is 16.2 Å². The summed E-state index contributed by atoms with van der Waals surface area (Å²) in [6.07, 6.45) is 2.25. The van der Waals surface area contributed by atoms with Crippen LogP contribution in [0.15, 0.2) is 47.4 Å². The molecule has 2 aromatic carbocycles. The second-order valence-electron chi connectivity index (χ2n) is 7.10. The van der Waals surface area contributed by atoms with Gasteiger partial charge in [-0.15, -0.1) is 0 Å². The van der Waals surface area contributed by atoms with Gasteiger partial charge in [-0.1, -0.05) is 25.1 Å². The standard InChI is InChI=1S/C22H26N2O6S/c1-3-12-23-21(25)15-30-22(26)17-10-11-19(29-2)20(14-17)31(27,28)24-13-6-8-16-7-4-5-9-18(16)24/h4-5,7,9-11,14H,3,6,8,12-13,15H2,1-2H3,(H,23,25).